The van der Waals surface area contributed by atoms with Gasteiger partial charge in [-0.05, 0) is 42.4 Å². The van der Waals surface area contributed by atoms with Gasteiger partial charge >= 0.3 is 0 Å². The fourth-order valence-corrected chi connectivity index (χ4v) is 3.79. The van der Waals surface area contributed by atoms with Crippen LogP contribution in [0, 0.1) is 11.8 Å². The second kappa shape index (κ2) is 6.96. The topological polar surface area (TPSA) is 73.2 Å². The van der Waals surface area contributed by atoms with Crippen molar-refractivity contribution in [2.75, 3.05) is 26.3 Å². The van der Waals surface area contributed by atoms with Gasteiger partial charge in [0.15, 0.2) is 0 Å². The molecule has 1 aliphatic carbocycles. The molecule has 1 saturated heterocycles. The van der Waals surface area contributed by atoms with Crippen LogP contribution in [0.3, 0.4) is 0 Å². The Morgan fingerprint density at radius 3 is 2.41 bits per heavy atom. The van der Waals surface area contributed by atoms with E-state index in [-0.39, 0.29) is 6.61 Å². The summed E-state index contributed by atoms with van der Waals surface area (Å²) >= 11 is 0. The molecule has 122 valence electrons. The summed E-state index contributed by atoms with van der Waals surface area (Å²) in [6.07, 6.45) is 0.303. The summed E-state index contributed by atoms with van der Waals surface area (Å²) in [5.74, 6) is 1.77. The average Bonchev–Trinajstić information content (AvgIpc) is 2.87. The maximum atomic E-state index is 9.81. The molecular weight excluding hydrogens is 282 g/mol. The van der Waals surface area contributed by atoms with Crippen molar-refractivity contribution in [2.45, 2.75) is 31.6 Å². The highest BCUT2D eigenvalue weighted by Crippen LogP contribution is 2.37. The molecule has 0 bridgehead atoms. The van der Waals surface area contributed by atoms with Crippen molar-refractivity contribution >= 4 is 0 Å². The van der Waals surface area contributed by atoms with Gasteiger partial charge in [-0.1, -0.05) is 12.1 Å². The van der Waals surface area contributed by atoms with Crippen molar-refractivity contribution < 1.29 is 20.1 Å². The van der Waals surface area contributed by atoms with Crippen LogP contribution in [-0.2, 0) is 6.54 Å². The summed E-state index contributed by atoms with van der Waals surface area (Å²) in [7, 11) is 0. The summed E-state index contributed by atoms with van der Waals surface area (Å²) in [5.41, 5.74) is 1.19. The van der Waals surface area contributed by atoms with Gasteiger partial charge in [-0.2, -0.15) is 0 Å². The summed E-state index contributed by atoms with van der Waals surface area (Å²) in [6.45, 7) is 3.15. The Hall–Kier alpha value is -1.14. The summed E-state index contributed by atoms with van der Waals surface area (Å²) in [4.78, 5) is 2.39. The predicted molar refractivity (Wildman–Crippen MR) is 82.5 cm³/mol. The number of benzene rings is 1. The lowest BCUT2D eigenvalue weighted by atomic mass is 9.79. The Bertz CT molecular complexity index is 477. The van der Waals surface area contributed by atoms with E-state index in [2.05, 4.69) is 11.0 Å². The lowest BCUT2D eigenvalue weighted by molar-refractivity contribution is -0.0372. The van der Waals surface area contributed by atoms with Crippen molar-refractivity contribution in [3.05, 3.63) is 29.8 Å². The van der Waals surface area contributed by atoms with E-state index in [1.165, 1.54) is 5.56 Å². The monoisotopic (exact) mass is 307 g/mol. The Balaban J connectivity index is 1.58. The number of ether oxygens (including phenoxy) is 1. The summed E-state index contributed by atoms with van der Waals surface area (Å²) in [5, 5.41) is 28.4. The van der Waals surface area contributed by atoms with Crippen molar-refractivity contribution in [1.82, 2.24) is 4.90 Å². The molecule has 5 nitrogen and oxygen atoms in total. The fraction of sp³-hybridized carbons (Fsp3) is 0.647. The number of hydrogen-bond acceptors (Lipinski definition) is 5. The van der Waals surface area contributed by atoms with E-state index in [0.29, 0.717) is 31.3 Å². The predicted octanol–water partition coefficient (Wildman–Crippen LogP) is 0.621. The minimum Gasteiger partial charge on any atom is -0.491 e. The van der Waals surface area contributed by atoms with E-state index >= 15 is 0 Å². The molecule has 1 saturated carbocycles. The molecule has 2 aliphatic rings. The highest BCUT2D eigenvalue weighted by molar-refractivity contribution is 5.28. The molecule has 3 N–H and O–H groups in total. The first-order valence-corrected chi connectivity index (χ1v) is 8.07. The molecule has 22 heavy (non-hydrogen) atoms. The third kappa shape index (κ3) is 3.60. The van der Waals surface area contributed by atoms with Gasteiger partial charge < -0.3 is 20.1 Å². The molecular formula is C17H25NO4. The molecule has 4 atom stereocenters. The standard InChI is InChI=1S/C17H25NO4/c19-4-5-22-15-3-1-2-12(6-15)9-18-10-13-7-16(20)17(21)8-14(13)11-18/h1-3,6,13-14,16-17,19-21H,4-5,7-11H2/t13-,14+,16-,17-/m0/s1. The number of likely N-dealkylation sites (tertiary alicyclic amines) is 1. The summed E-state index contributed by atoms with van der Waals surface area (Å²) < 4.78 is 5.45. The van der Waals surface area contributed by atoms with E-state index in [1.54, 1.807) is 0 Å². The highest BCUT2D eigenvalue weighted by atomic mass is 16.5. The minimum atomic E-state index is -0.559. The minimum absolute atomic E-state index is 0.0182. The van der Waals surface area contributed by atoms with Gasteiger partial charge in [0.2, 0.25) is 0 Å². The Labute approximate surface area is 131 Å². The Morgan fingerprint density at radius 1 is 1.09 bits per heavy atom. The third-order valence-corrected chi connectivity index (χ3v) is 4.85. The van der Waals surface area contributed by atoms with Crippen LogP contribution in [0.15, 0.2) is 24.3 Å². The molecule has 5 heteroatoms. The van der Waals surface area contributed by atoms with E-state index < -0.39 is 12.2 Å². The second-order valence-electron chi connectivity index (χ2n) is 6.54. The van der Waals surface area contributed by atoms with Crippen LogP contribution < -0.4 is 4.74 Å². The maximum absolute atomic E-state index is 9.81. The van der Waals surface area contributed by atoms with Gasteiger partial charge in [0.25, 0.3) is 0 Å². The van der Waals surface area contributed by atoms with Gasteiger partial charge in [0.05, 0.1) is 18.8 Å². The van der Waals surface area contributed by atoms with Crippen LogP contribution in [0.4, 0.5) is 0 Å². The molecule has 1 aromatic rings. The van der Waals surface area contributed by atoms with Gasteiger partial charge in [0, 0.05) is 19.6 Å². The van der Waals surface area contributed by atoms with Gasteiger partial charge in [-0.3, -0.25) is 4.90 Å². The van der Waals surface area contributed by atoms with Crippen LogP contribution >= 0.6 is 0 Å². The number of aliphatic hydroxyl groups is 3. The molecule has 0 aromatic heterocycles. The van der Waals surface area contributed by atoms with Crippen molar-refractivity contribution in [1.29, 1.82) is 0 Å². The van der Waals surface area contributed by atoms with Gasteiger partial charge in [-0.25, -0.2) is 0 Å². The highest BCUT2D eigenvalue weighted by Gasteiger charge is 2.40. The van der Waals surface area contributed by atoms with E-state index in [1.807, 2.05) is 18.2 Å². The van der Waals surface area contributed by atoms with Crippen LogP contribution in [0.2, 0.25) is 0 Å². The van der Waals surface area contributed by atoms with E-state index in [9.17, 15) is 10.2 Å². The molecule has 0 amide bonds. The number of rotatable bonds is 5. The average molecular weight is 307 g/mol. The molecule has 0 radical (unpaired) electrons. The van der Waals surface area contributed by atoms with Crippen molar-refractivity contribution in [3.63, 3.8) is 0 Å². The molecule has 1 aromatic carbocycles. The Kier molecular flexibility index (Phi) is 4.98. The zero-order chi connectivity index (χ0) is 15.5. The van der Waals surface area contributed by atoms with Crippen molar-refractivity contribution in [3.8, 4) is 5.75 Å². The third-order valence-electron chi connectivity index (χ3n) is 4.85. The number of aliphatic hydroxyl groups excluding tert-OH is 3. The van der Waals surface area contributed by atoms with Crippen LogP contribution in [0.1, 0.15) is 18.4 Å². The van der Waals surface area contributed by atoms with E-state index in [4.69, 9.17) is 9.84 Å². The smallest absolute Gasteiger partial charge is 0.119 e. The molecule has 1 aliphatic heterocycles. The van der Waals surface area contributed by atoms with Crippen LogP contribution in [-0.4, -0.2) is 58.7 Å². The van der Waals surface area contributed by atoms with E-state index in [0.717, 1.165) is 25.4 Å². The van der Waals surface area contributed by atoms with Gasteiger partial charge in [-0.15, -0.1) is 0 Å². The van der Waals surface area contributed by atoms with Crippen molar-refractivity contribution in [2.24, 2.45) is 11.8 Å². The first-order valence-electron chi connectivity index (χ1n) is 8.07. The largest absolute Gasteiger partial charge is 0.491 e. The molecule has 0 spiro atoms. The quantitative estimate of drug-likeness (QED) is 0.744. The molecule has 0 unspecified atom stereocenters. The SMILES string of the molecule is OCCOc1cccc(CN2C[C@H]3C[C@H](O)[C@@H](O)C[C@H]3C2)c1. The van der Waals surface area contributed by atoms with Crippen LogP contribution in [0.25, 0.3) is 0 Å². The zero-order valence-corrected chi connectivity index (χ0v) is 12.8. The molecule has 1 heterocycles. The second-order valence-corrected chi connectivity index (χ2v) is 6.54. The number of hydrogen-bond donors (Lipinski definition) is 3. The fourth-order valence-electron chi connectivity index (χ4n) is 3.79. The van der Waals surface area contributed by atoms with Crippen LogP contribution in [0.5, 0.6) is 5.75 Å². The number of nitrogens with zero attached hydrogens (tertiary/aromatic N) is 1. The summed E-state index contributed by atoms with van der Waals surface area (Å²) in [6, 6.07) is 7.97. The normalized spacial score (nSPS) is 32.0. The molecule has 2 fully saturated rings. The lowest BCUT2D eigenvalue weighted by Crippen LogP contribution is -2.38. The Morgan fingerprint density at radius 2 is 1.77 bits per heavy atom. The first kappa shape index (κ1) is 15.7. The van der Waals surface area contributed by atoms with Gasteiger partial charge in [0.1, 0.15) is 12.4 Å². The number of fused-ring (bicyclic) bond motifs is 1. The first-order chi connectivity index (χ1) is 10.7. The zero-order valence-electron chi connectivity index (χ0n) is 12.8. The maximum Gasteiger partial charge on any atom is 0.119 e. The lowest BCUT2D eigenvalue weighted by Gasteiger charge is -2.32. The molecule has 3 rings (SSSR count).